The van der Waals surface area contributed by atoms with Crippen LogP contribution in [0.3, 0.4) is 0 Å². The van der Waals surface area contributed by atoms with Gasteiger partial charge in [0.25, 0.3) is 0 Å². The van der Waals surface area contributed by atoms with Crippen LogP contribution >= 0.6 is 0 Å². The Hall–Kier alpha value is -4.17. The zero-order valence-corrected chi connectivity index (χ0v) is 22.1. The molecule has 0 bridgehead atoms. The maximum atomic E-state index is 12.2. The summed E-state index contributed by atoms with van der Waals surface area (Å²) in [4.78, 5) is 29.8. The monoisotopic (exact) mass is 507 g/mol. The predicted molar refractivity (Wildman–Crippen MR) is 155 cm³/mol. The average Bonchev–Trinajstić information content (AvgIpc) is 3.37. The Bertz CT molecular complexity index is 1530. The summed E-state index contributed by atoms with van der Waals surface area (Å²) in [7, 11) is 2.17. The summed E-state index contributed by atoms with van der Waals surface area (Å²) >= 11 is 0. The standard InChI is InChI=1S/C30H33N7O/c1-19(2)30(38)34-22-14-21(17-31-18-22)20-4-5-26-24(15-20)23(6-8-32-26)28-16-25-27(35-28)7-9-33-29(25)37-12-10-36(3)11-13-37/h4-7,9,14-19,32,35H,8,10-13H2,1-3H3,(H,34,38). The summed E-state index contributed by atoms with van der Waals surface area (Å²) in [5, 5.41) is 7.61. The molecule has 8 nitrogen and oxygen atoms in total. The van der Waals surface area contributed by atoms with E-state index in [1.54, 1.807) is 6.20 Å². The molecule has 1 fully saturated rings. The van der Waals surface area contributed by atoms with Crippen molar-refractivity contribution in [2.75, 3.05) is 55.3 Å². The minimum absolute atomic E-state index is 0.0203. The molecule has 5 heterocycles. The second-order valence-electron chi connectivity index (χ2n) is 10.4. The largest absolute Gasteiger partial charge is 0.381 e. The number of carbonyl (C=O) groups excluding carboxylic acids is 1. The number of nitrogens with zero attached hydrogens (tertiary/aromatic N) is 4. The Morgan fingerprint density at radius 1 is 1.03 bits per heavy atom. The predicted octanol–water partition coefficient (Wildman–Crippen LogP) is 4.83. The quantitative estimate of drug-likeness (QED) is 0.359. The van der Waals surface area contributed by atoms with Gasteiger partial charge in [0, 0.05) is 84.5 Å². The van der Waals surface area contributed by atoms with Crippen LogP contribution in [0.25, 0.3) is 27.6 Å². The molecule has 1 amide bonds. The maximum Gasteiger partial charge on any atom is 0.226 e. The molecule has 0 aliphatic carbocycles. The molecule has 0 unspecified atom stereocenters. The van der Waals surface area contributed by atoms with Gasteiger partial charge in [0.1, 0.15) is 5.82 Å². The first-order valence-electron chi connectivity index (χ1n) is 13.2. The Kier molecular flexibility index (Phi) is 6.33. The summed E-state index contributed by atoms with van der Waals surface area (Å²) < 4.78 is 0. The summed E-state index contributed by atoms with van der Waals surface area (Å²) in [6.45, 7) is 8.56. The van der Waals surface area contributed by atoms with Gasteiger partial charge in [0.15, 0.2) is 0 Å². The number of aromatic nitrogens is 3. The second kappa shape index (κ2) is 9.95. The smallest absolute Gasteiger partial charge is 0.226 e. The van der Waals surface area contributed by atoms with Crippen molar-refractivity contribution >= 4 is 39.6 Å². The van der Waals surface area contributed by atoms with E-state index in [0.29, 0.717) is 5.69 Å². The number of aromatic amines is 1. The molecule has 0 radical (unpaired) electrons. The lowest BCUT2D eigenvalue weighted by molar-refractivity contribution is -0.118. The minimum atomic E-state index is -0.0931. The minimum Gasteiger partial charge on any atom is -0.381 e. The highest BCUT2D eigenvalue weighted by atomic mass is 16.1. The molecule has 3 N–H and O–H groups in total. The number of carbonyl (C=O) groups is 1. The van der Waals surface area contributed by atoms with Crippen LogP contribution in [0.1, 0.15) is 25.1 Å². The number of amides is 1. The normalized spacial score (nSPS) is 15.8. The summed E-state index contributed by atoms with van der Waals surface area (Å²) in [5.41, 5.74) is 8.27. The topological polar surface area (TPSA) is 89.2 Å². The number of hydrogen-bond acceptors (Lipinski definition) is 6. The van der Waals surface area contributed by atoms with Crippen LogP contribution < -0.4 is 15.5 Å². The number of likely N-dealkylation sites (N-methyl/N-ethyl adjacent to an activating group) is 1. The fourth-order valence-corrected chi connectivity index (χ4v) is 5.14. The molecule has 38 heavy (non-hydrogen) atoms. The van der Waals surface area contributed by atoms with E-state index >= 15 is 0 Å². The Morgan fingerprint density at radius 2 is 1.87 bits per heavy atom. The molecule has 0 spiro atoms. The first-order chi connectivity index (χ1) is 18.5. The molecule has 0 atom stereocenters. The van der Waals surface area contributed by atoms with Crippen LogP contribution in [0, 0.1) is 5.92 Å². The zero-order chi connectivity index (χ0) is 26.2. The molecular formula is C30H33N7O. The summed E-state index contributed by atoms with van der Waals surface area (Å²) in [5.74, 6) is 0.936. The van der Waals surface area contributed by atoms with E-state index in [1.165, 1.54) is 5.57 Å². The number of anilines is 3. The first kappa shape index (κ1) is 24.2. The molecule has 1 aromatic carbocycles. The Morgan fingerprint density at radius 3 is 2.68 bits per heavy atom. The van der Waals surface area contributed by atoms with Gasteiger partial charge < -0.3 is 25.4 Å². The van der Waals surface area contributed by atoms with Gasteiger partial charge in [-0.1, -0.05) is 26.0 Å². The van der Waals surface area contributed by atoms with Crippen molar-refractivity contribution in [1.29, 1.82) is 0 Å². The lowest BCUT2D eigenvalue weighted by atomic mass is 9.94. The van der Waals surface area contributed by atoms with Crippen LogP contribution in [0.4, 0.5) is 17.2 Å². The summed E-state index contributed by atoms with van der Waals surface area (Å²) in [6.07, 6.45) is 7.66. The van der Waals surface area contributed by atoms with E-state index in [1.807, 2.05) is 32.3 Å². The van der Waals surface area contributed by atoms with Gasteiger partial charge in [-0.3, -0.25) is 9.78 Å². The van der Waals surface area contributed by atoms with E-state index in [0.717, 1.165) is 77.5 Å². The average molecular weight is 508 g/mol. The van der Waals surface area contributed by atoms with Gasteiger partial charge in [-0.05, 0) is 42.9 Å². The van der Waals surface area contributed by atoms with E-state index in [-0.39, 0.29) is 11.8 Å². The van der Waals surface area contributed by atoms with Crippen molar-refractivity contribution in [3.8, 4) is 11.1 Å². The highest BCUT2D eigenvalue weighted by molar-refractivity contribution is 5.98. The fraction of sp³-hybridized carbons (Fsp3) is 0.300. The lowest BCUT2D eigenvalue weighted by Crippen LogP contribution is -2.44. The Labute approximate surface area is 222 Å². The Balaban J connectivity index is 1.34. The van der Waals surface area contributed by atoms with Crippen molar-refractivity contribution < 1.29 is 4.79 Å². The van der Waals surface area contributed by atoms with Gasteiger partial charge in [-0.25, -0.2) is 4.98 Å². The molecule has 194 valence electrons. The van der Waals surface area contributed by atoms with Crippen molar-refractivity contribution in [3.63, 3.8) is 0 Å². The van der Waals surface area contributed by atoms with Gasteiger partial charge in [0.2, 0.25) is 5.91 Å². The molecule has 8 heteroatoms. The number of hydrogen-bond donors (Lipinski definition) is 3. The van der Waals surface area contributed by atoms with Crippen LogP contribution in [0.15, 0.2) is 61.1 Å². The van der Waals surface area contributed by atoms with Crippen LogP contribution in [-0.4, -0.2) is 65.5 Å². The number of pyridine rings is 2. The summed E-state index contributed by atoms with van der Waals surface area (Å²) in [6, 6.07) is 12.7. The van der Waals surface area contributed by atoms with Crippen molar-refractivity contribution in [3.05, 3.63) is 72.3 Å². The third-order valence-corrected chi connectivity index (χ3v) is 7.39. The number of rotatable bonds is 5. The van der Waals surface area contributed by atoms with E-state index in [2.05, 4.69) is 73.9 Å². The molecule has 6 rings (SSSR count). The van der Waals surface area contributed by atoms with Gasteiger partial charge in [-0.15, -0.1) is 0 Å². The molecule has 1 saturated heterocycles. The van der Waals surface area contributed by atoms with E-state index in [9.17, 15) is 4.79 Å². The number of piperazine rings is 1. The van der Waals surface area contributed by atoms with Gasteiger partial charge >= 0.3 is 0 Å². The van der Waals surface area contributed by atoms with Crippen molar-refractivity contribution in [1.82, 2.24) is 19.9 Å². The zero-order valence-electron chi connectivity index (χ0n) is 22.1. The van der Waals surface area contributed by atoms with E-state index < -0.39 is 0 Å². The van der Waals surface area contributed by atoms with Gasteiger partial charge in [-0.2, -0.15) is 0 Å². The highest BCUT2D eigenvalue weighted by Gasteiger charge is 2.21. The van der Waals surface area contributed by atoms with Crippen LogP contribution in [-0.2, 0) is 4.79 Å². The third kappa shape index (κ3) is 4.63. The third-order valence-electron chi connectivity index (χ3n) is 7.39. The first-order valence-corrected chi connectivity index (χ1v) is 13.2. The van der Waals surface area contributed by atoms with E-state index in [4.69, 9.17) is 4.98 Å². The SMILES string of the molecule is CC(C)C(=O)Nc1cncc(-c2ccc3c(c2)C(c2cc4c(N5CCN(C)CC5)nccc4[nH]2)=CCN3)c1. The number of benzene rings is 1. The number of nitrogens with one attached hydrogen (secondary N) is 3. The molecule has 3 aromatic heterocycles. The molecule has 4 aromatic rings. The number of H-pyrrole nitrogens is 1. The lowest BCUT2D eigenvalue weighted by Gasteiger charge is -2.33. The maximum absolute atomic E-state index is 12.2. The molecule has 2 aliphatic rings. The molecular weight excluding hydrogens is 474 g/mol. The number of fused-ring (bicyclic) bond motifs is 2. The fourth-order valence-electron chi connectivity index (χ4n) is 5.14. The molecule has 2 aliphatic heterocycles. The van der Waals surface area contributed by atoms with Gasteiger partial charge in [0.05, 0.1) is 17.4 Å². The second-order valence-corrected chi connectivity index (χ2v) is 10.4. The van der Waals surface area contributed by atoms with Crippen LogP contribution in [0.5, 0.6) is 0 Å². The molecule has 0 saturated carbocycles. The van der Waals surface area contributed by atoms with Crippen LogP contribution in [0.2, 0.25) is 0 Å². The van der Waals surface area contributed by atoms with Crippen molar-refractivity contribution in [2.45, 2.75) is 13.8 Å². The highest BCUT2D eigenvalue weighted by Crippen LogP contribution is 2.37. The van der Waals surface area contributed by atoms with Crippen molar-refractivity contribution in [2.24, 2.45) is 5.92 Å².